The molecule has 0 aliphatic carbocycles. The average Bonchev–Trinajstić information content (AvgIpc) is 2.51. The van der Waals surface area contributed by atoms with Crippen molar-refractivity contribution in [3.63, 3.8) is 0 Å². The fourth-order valence-corrected chi connectivity index (χ4v) is 2.30. The van der Waals surface area contributed by atoms with Crippen molar-refractivity contribution in [2.24, 2.45) is 5.92 Å². The van der Waals surface area contributed by atoms with E-state index in [9.17, 15) is 9.59 Å². The van der Waals surface area contributed by atoms with Crippen LogP contribution in [0.3, 0.4) is 0 Å². The van der Waals surface area contributed by atoms with Gasteiger partial charge in [-0.05, 0) is 48.5 Å². The zero-order valence-electron chi connectivity index (χ0n) is 13.1. The third-order valence-corrected chi connectivity index (χ3v) is 3.77. The Morgan fingerprint density at radius 2 is 2.05 bits per heavy atom. The Kier molecular flexibility index (Phi) is 7.44. The standard InChI is InChI=1S/C18H24O3/c1-4-15(9-10-18(20)21-3)11-16(13-19)12-17-8-6-5-7-14(17)2/h5-8,12-13,15H,4,9-11H2,1-3H3. The lowest BCUT2D eigenvalue weighted by Crippen LogP contribution is -2.07. The summed E-state index contributed by atoms with van der Waals surface area (Å²) in [4.78, 5) is 22.5. The number of carbonyl (C=O) groups excluding carboxylic acids is 2. The lowest BCUT2D eigenvalue weighted by molar-refractivity contribution is -0.140. The highest BCUT2D eigenvalue weighted by atomic mass is 16.5. The number of aldehydes is 1. The molecule has 3 heteroatoms. The third-order valence-electron chi connectivity index (χ3n) is 3.77. The van der Waals surface area contributed by atoms with Crippen molar-refractivity contribution in [2.75, 3.05) is 7.11 Å². The average molecular weight is 288 g/mol. The molecule has 1 rings (SSSR count). The van der Waals surface area contributed by atoms with E-state index in [0.717, 1.165) is 35.8 Å². The highest BCUT2D eigenvalue weighted by Gasteiger charge is 2.12. The summed E-state index contributed by atoms with van der Waals surface area (Å²) in [5, 5.41) is 0. The van der Waals surface area contributed by atoms with E-state index in [2.05, 4.69) is 11.7 Å². The summed E-state index contributed by atoms with van der Waals surface area (Å²) in [6.07, 6.45) is 5.67. The number of hydrogen-bond acceptors (Lipinski definition) is 3. The second kappa shape index (κ2) is 9.11. The summed E-state index contributed by atoms with van der Waals surface area (Å²) >= 11 is 0. The first-order valence-electron chi connectivity index (χ1n) is 7.38. The number of allylic oxidation sites excluding steroid dienone is 1. The Labute approximate surface area is 127 Å². The number of hydrogen-bond donors (Lipinski definition) is 0. The molecule has 0 saturated heterocycles. The number of ether oxygens (including phenoxy) is 1. The van der Waals surface area contributed by atoms with E-state index in [4.69, 9.17) is 0 Å². The highest BCUT2D eigenvalue weighted by Crippen LogP contribution is 2.22. The SMILES string of the molecule is CCC(CCC(=O)OC)CC(C=O)=Cc1ccccc1C. The first-order valence-corrected chi connectivity index (χ1v) is 7.38. The molecule has 21 heavy (non-hydrogen) atoms. The topological polar surface area (TPSA) is 43.4 Å². The van der Waals surface area contributed by atoms with Gasteiger partial charge in [0.15, 0.2) is 0 Å². The number of rotatable bonds is 8. The normalized spacial score (nSPS) is 12.8. The van der Waals surface area contributed by atoms with Gasteiger partial charge in [0.2, 0.25) is 0 Å². The predicted octanol–water partition coefficient (Wildman–Crippen LogP) is 3.95. The van der Waals surface area contributed by atoms with E-state index >= 15 is 0 Å². The molecule has 0 spiro atoms. The van der Waals surface area contributed by atoms with E-state index in [1.165, 1.54) is 7.11 Å². The minimum Gasteiger partial charge on any atom is -0.469 e. The molecular formula is C18H24O3. The van der Waals surface area contributed by atoms with Crippen LogP contribution in [0.1, 0.15) is 43.7 Å². The van der Waals surface area contributed by atoms with Gasteiger partial charge in [-0.25, -0.2) is 0 Å². The molecule has 0 bridgehead atoms. The van der Waals surface area contributed by atoms with Crippen molar-refractivity contribution in [1.29, 1.82) is 0 Å². The minimum absolute atomic E-state index is 0.191. The van der Waals surface area contributed by atoms with E-state index in [0.29, 0.717) is 18.8 Å². The molecule has 0 N–H and O–H groups in total. The Hall–Kier alpha value is -1.90. The van der Waals surface area contributed by atoms with Crippen molar-refractivity contribution in [3.05, 3.63) is 41.0 Å². The number of benzene rings is 1. The van der Waals surface area contributed by atoms with Gasteiger partial charge < -0.3 is 4.74 Å². The molecule has 0 fully saturated rings. The van der Waals surface area contributed by atoms with Gasteiger partial charge in [0.05, 0.1) is 7.11 Å². The Bertz CT molecular complexity index is 503. The fraction of sp³-hybridized carbons (Fsp3) is 0.444. The van der Waals surface area contributed by atoms with E-state index in [1.807, 2.05) is 37.3 Å². The molecule has 0 aliphatic rings. The molecule has 0 aliphatic heterocycles. The first kappa shape index (κ1) is 17.2. The van der Waals surface area contributed by atoms with Crippen LogP contribution in [0.25, 0.3) is 6.08 Å². The maximum Gasteiger partial charge on any atom is 0.305 e. The van der Waals surface area contributed by atoms with Gasteiger partial charge in [-0.3, -0.25) is 9.59 Å². The molecule has 1 unspecified atom stereocenters. The van der Waals surface area contributed by atoms with Crippen molar-refractivity contribution in [3.8, 4) is 0 Å². The van der Waals surface area contributed by atoms with Crippen LogP contribution in [0.15, 0.2) is 29.8 Å². The molecule has 0 saturated carbocycles. The summed E-state index contributed by atoms with van der Waals surface area (Å²) < 4.78 is 4.66. The smallest absolute Gasteiger partial charge is 0.305 e. The zero-order valence-corrected chi connectivity index (χ0v) is 13.1. The van der Waals surface area contributed by atoms with Crippen molar-refractivity contribution in [2.45, 2.75) is 39.5 Å². The van der Waals surface area contributed by atoms with Gasteiger partial charge in [0.25, 0.3) is 0 Å². The maximum atomic E-state index is 11.3. The van der Waals surface area contributed by atoms with Crippen LogP contribution in [0.5, 0.6) is 0 Å². The Morgan fingerprint density at radius 3 is 2.62 bits per heavy atom. The van der Waals surface area contributed by atoms with E-state index < -0.39 is 0 Å². The molecule has 1 aromatic rings. The lowest BCUT2D eigenvalue weighted by atomic mass is 9.91. The van der Waals surface area contributed by atoms with Crippen LogP contribution in [-0.4, -0.2) is 19.4 Å². The lowest BCUT2D eigenvalue weighted by Gasteiger charge is -2.14. The van der Waals surface area contributed by atoms with Crippen LogP contribution >= 0.6 is 0 Å². The molecule has 0 radical (unpaired) electrons. The quantitative estimate of drug-likeness (QED) is 0.413. The Morgan fingerprint density at radius 1 is 1.33 bits per heavy atom. The number of methoxy groups -OCH3 is 1. The molecule has 0 aromatic heterocycles. The highest BCUT2D eigenvalue weighted by molar-refractivity contribution is 5.82. The van der Waals surface area contributed by atoms with Crippen molar-refractivity contribution < 1.29 is 14.3 Å². The third kappa shape index (κ3) is 5.94. The van der Waals surface area contributed by atoms with E-state index in [1.54, 1.807) is 0 Å². The monoisotopic (exact) mass is 288 g/mol. The number of aryl methyl sites for hydroxylation is 1. The van der Waals surface area contributed by atoms with Gasteiger partial charge in [-0.1, -0.05) is 37.6 Å². The van der Waals surface area contributed by atoms with E-state index in [-0.39, 0.29) is 5.97 Å². The van der Waals surface area contributed by atoms with Crippen LogP contribution in [0.4, 0.5) is 0 Å². The van der Waals surface area contributed by atoms with Crippen LogP contribution < -0.4 is 0 Å². The molecular weight excluding hydrogens is 264 g/mol. The summed E-state index contributed by atoms with van der Waals surface area (Å²) in [5.74, 6) is 0.133. The van der Waals surface area contributed by atoms with Crippen LogP contribution in [0, 0.1) is 12.8 Å². The number of carbonyl (C=O) groups is 2. The summed E-state index contributed by atoms with van der Waals surface area (Å²) in [7, 11) is 1.40. The molecule has 0 heterocycles. The van der Waals surface area contributed by atoms with Gasteiger partial charge in [0.1, 0.15) is 6.29 Å². The largest absolute Gasteiger partial charge is 0.469 e. The summed E-state index contributed by atoms with van der Waals surface area (Å²) in [6, 6.07) is 7.99. The van der Waals surface area contributed by atoms with Gasteiger partial charge in [-0.2, -0.15) is 0 Å². The van der Waals surface area contributed by atoms with Gasteiger partial charge >= 0.3 is 5.97 Å². The molecule has 114 valence electrons. The summed E-state index contributed by atoms with van der Waals surface area (Å²) in [5.41, 5.74) is 3.00. The second-order valence-corrected chi connectivity index (χ2v) is 5.29. The maximum absolute atomic E-state index is 11.3. The second-order valence-electron chi connectivity index (χ2n) is 5.29. The number of esters is 1. The molecule has 1 atom stereocenters. The van der Waals surface area contributed by atoms with Crippen LogP contribution in [-0.2, 0) is 14.3 Å². The van der Waals surface area contributed by atoms with Crippen molar-refractivity contribution >= 4 is 18.3 Å². The summed E-state index contributed by atoms with van der Waals surface area (Å²) in [6.45, 7) is 4.11. The van der Waals surface area contributed by atoms with Gasteiger partial charge in [0, 0.05) is 6.42 Å². The van der Waals surface area contributed by atoms with Crippen molar-refractivity contribution in [1.82, 2.24) is 0 Å². The minimum atomic E-state index is -0.191. The molecule has 1 aromatic carbocycles. The van der Waals surface area contributed by atoms with Crippen LogP contribution in [0.2, 0.25) is 0 Å². The predicted molar refractivity (Wildman–Crippen MR) is 84.9 cm³/mol. The molecule has 3 nitrogen and oxygen atoms in total. The zero-order chi connectivity index (χ0) is 15.7. The Balaban J connectivity index is 2.73. The fourth-order valence-electron chi connectivity index (χ4n) is 2.30. The first-order chi connectivity index (χ1) is 10.1. The molecule has 0 amide bonds. The van der Waals surface area contributed by atoms with Gasteiger partial charge in [-0.15, -0.1) is 0 Å².